The quantitative estimate of drug-likeness (QED) is 0.938. The number of rotatable bonds is 4. The van der Waals surface area contributed by atoms with Gasteiger partial charge in [0, 0.05) is 18.5 Å². The van der Waals surface area contributed by atoms with Crippen molar-refractivity contribution in [2.75, 3.05) is 36.5 Å². The number of morpholine rings is 1. The molecule has 0 aliphatic carbocycles. The van der Waals surface area contributed by atoms with Crippen molar-refractivity contribution in [3.05, 3.63) is 40.8 Å². The number of aromatic nitrogens is 1. The molecule has 1 aromatic heterocycles. The lowest BCUT2D eigenvalue weighted by atomic mass is 10.2. The molecular formula is C15H19N3OS. The molecule has 0 saturated carbocycles. The monoisotopic (exact) mass is 289 g/mol. The summed E-state index contributed by atoms with van der Waals surface area (Å²) >= 11 is 1.63. The summed E-state index contributed by atoms with van der Waals surface area (Å²) in [5.41, 5.74) is 5.38. The number of ether oxygens (including phenoxy) is 1. The molecule has 1 aliphatic heterocycles. The third-order valence-corrected chi connectivity index (χ3v) is 4.13. The molecule has 2 aromatic rings. The molecule has 3 rings (SSSR count). The molecule has 1 saturated heterocycles. The number of hydrogen-bond acceptors (Lipinski definition) is 5. The maximum absolute atomic E-state index is 5.43. The van der Waals surface area contributed by atoms with E-state index in [2.05, 4.69) is 51.8 Å². The van der Waals surface area contributed by atoms with Crippen LogP contribution in [0.4, 0.5) is 11.4 Å². The normalized spacial score (nSPS) is 16.9. The van der Waals surface area contributed by atoms with Gasteiger partial charge in [0.15, 0.2) is 0 Å². The Balaban J connectivity index is 1.78. The van der Waals surface area contributed by atoms with Crippen molar-refractivity contribution in [3.63, 3.8) is 0 Å². The summed E-state index contributed by atoms with van der Waals surface area (Å²) in [6, 6.07) is 8.67. The summed E-state index contributed by atoms with van der Waals surface area (Å²) < 4.78 is 5.43. The highest BCUT2D eigenvalue weighted by atomic mass is 32.1. The summed E-state index contributed by atoms with van der Waals surface area (Å²) in [6.45, 7) is 5.64. The van der Waals surface area contributed by atoms with Crippen LogP contribution in [0.2, 0.25) is 0 Å². The Labute approximate surface area is 123 Å². The van der Waals surface area contributed by atoms with Crippen LogP contribution in [-0.4, -0.2) is 31.3 Å². The van der Waals surface area contributed by atoms with Crippen LogP contribution in [-0.2, 0) is 4.74 Å². The fraction of sp³-hybridized carbons (Fsp3) is 0.400. The highest BCUT2D eigenvalue weighted by molar-refractivity contribution is 7.07. The number of nitrogens with zero attached hydrogens (tertiary/aromatic N) is 2. The molecule has 1 aliphatic rings. The Kier molecular flexibility index (Phi) is 4.18. The van der Waals surface area contributed by atoms with Crippen LogP contribution in [0, 0.1) is 0 Å². The zero-order valence-electron chi connectivity index (χ0n) is 11.6. The van der Waals surface area contributed by atoms with Gasteiger partial charge in [-0.2, -0.15) is 0 Å². The second-order valence-electron chi connectivity index (χ2n) is 4.90. The third kappa shape index (κ3) is 2.94. The fourth-order valence-electron chi connectivity index (χ4n) is 2.42. The van der Waals surface area contributed by atoms with Gasteiger partial charge in [0.05, 0.1) is 41.8 Å². The first-order valence-corrected chi connectivity index (χ1v) is 7.85. The predicted octanol–water partition coefficient (Wildman–Crippen LogP) is 3.15. The Hall–Kier alpha value is -1.59. The molecule has 0 amide bonds. The molecule has 1 atom stereocenters. The van der Waals surface area contributed by atoms with Gasteiger partial charge >= 0.3 is 0 Å². The first-order chi connectivity index (χ1) is 9.84. The van der Waals surface area contributed by atoms with E-state index < -0.39 is 0 Å². The van der Waals surface area contributed by atoms with Crippen molar-refractivity contribution >= 4 is 22.7 Å². The second-order valence-corrected chi connectivity index (χ2v) is 5.61. The maximum Gasteiger partial charge on any atom is 0.0795 e. The van der Waals surface area contributed by atoms with E-state index in [1.807, 2.05) is 5.51 Å². The van der Waals surface area contributed by atoms with Gasteiger partial charge in [0.2, 0.25) is 0 Å². The fourth-order valence-corrected chi connectivity index (χ4v) is 3.07. The molecule has 106 valence electrons. The van der Waals surface area contributed by atoms with Crippen LogP contribution < -0.4 is 10.2 Å². The number of hydrogen-bond donors (Lipinski definition) is 1. The lowest BCUT2D eigenvalue weighted by Crippen LogP contribution is -2.36. The zero-order chi connectivity index (χ0) is 13.8. The third-order valence-electron chi connectivity index (χ3n) is 3.52. The van der Waals surface area contributed by atoms with Crippen LogP contribution >= 0.6 is 11.3 Å². The van der Waals surface area contributed by atoms with Gasteiger partial charge in [0.25, 0.3) is 0 Å². The minimum absolute atomic E-state index is 0.212. The Morgan fingerprint density at radius 2 is 2.10 bits per heavy atom. The van der Waals surface area contributed by atoms with Gasteiger partial charge in [-0.3, -0.25) is 0 Å². The number of para-hydroxylation sites is 2. The van der Waals surface area contributed by atoms with Crippen molar-refractivity contribution in [1.82, 2.24) is 4.98 Å². The van der Waals surface area contributed by atoms with E-state index in [4.69, 9.17) is 4.74 Å². The standard InChI is InChI=1S/C15H19N3OS/c1-12(14-10-20-11-16-14)17-13-4-2-3-5-15(13)18-6-8-19-9-7-18/h2-5,10-12,17H,6-9H2,1H3. The smallest absolute Gasteiger partial charge is 0.0795 e. The minimum atomic E-state index is 0.212. The lowest BCUT2D eigenvalue weighted by Gasteiger charge is -2.31. The molecule has 1 aromatic carbocycles. The van der Waals surface area contributed by atoms with Crippen LogP contribution in [0.25, 0.3) is 0 Å². The van der Waals surface area contributed by atoms with E-state index in [9.17, 15) is 0 Å². The summed E-state index contributed by atoms with van der Waals surface area (Å²) in [4.78, 5) is 6.75. The highest BCUT2D eigenvalue weighted by Crippen LogP contribution is 2.29. The van der Waals surface area contributed by atoms with Gasteiger partial charge in [-0.15, -0.1) is 11.3 Å². The molecule has 1 fully saturated rings. The summed E-state index contributed by atoms with van der Waals surface area (Å²) in [5, 5.41) is 5.66. The van der Waals surface area contributed by atoms with Crippen LogP contribution in [0.1, 0.15) is 18.7 Å². The number of thiazole rings is 1. The first kappa shape index (κ1) is 13.4. The van der Waals surface area contributed by atoms with Crippen LogP contribution in [0.3, 0.4) is 0 Å². The zero-order valence-corrected chi connectivity index (χ0v) is 12.4. The molecule has 0 spiro atoms. The van der Waals surface area contributed by atoms with Crippen LogP contribution in [0.15, 0.2) is 35.2 Å². The first-order valence-electron chi connectivity index (χ1n) is 6.91. The average Bonchev–Trinajstić information content (AvgIpc) is 3.03. The summed E-state index contributed by atoms with van der Waals surface area (Å²) in [7, 11) is 0. The molecule has 2 heterocycles. The maximum atomic E-state index is 5.43. The Bertz CT molecular complexity index is 538. The Morgan fingerprint density at radius 3 is 2.85 bits per heavy atom. The Morgan fingerprint density at radius 1 is 1.30 bits per heavy atom. The van der Waals surface area contributed by atoms with E-state index in [1.54, 1.807) is 11.3 Å². The van der Waals surface area contributed by atoms with Crippen molar-refractivity contribution in [2.24, 2.45) is 0 Å². The molecule has 5 heteroatoms. The molecule has 0 radical (unpaired) electrons. The van der Waals surface area contributed by atoms with Crippen molar-refractivity contribution in [2.45, 2.75) is 13.0 Å². The molecule has 0 bridgehead atoms. The van der Waals surface area contributed by atoms with E-state index in [0.717, 1.165) is 37.7 Å². The molecule has 1 unspecified atom stereocenters. The lowest BCUT2D eigenvalue weighted by molar-refractivity contribution is 0.123. The molecular weight excluding hydrogens is 270 g/mol. The van der Waals surface area contributed by atoms with Crippen LogP contribution in [0.5, 0.6) is 0 Å². The van der Waals surface area contributed by atoms with Gasteiger partial charge in [-0.1, -0.05) is 12.1 Å². The van der Waals surface area contributed by atoms with Crippen molar-refractivity contribution in [3.8, 4) is 0 Å². The van der Waals surface area contributed by atoms with E-state index in [0.29, 0.717) is 0 Å². The van der Waals surface area contributed by atoms with Gasteiger partial charge in [-0.25, -0.2) is 4.98 Å². The van der Waals surface area contributed by atoms with E-state index in [1.165, 1.54) is 5.69 Å². The second kappa shape index (κ2) is 6.24. The van der Waals surface area contributed by atoms with E-state index in [-0.39, 0.29) is 6.04 Å². The molecule has 4 nitrogen and oxygen atoms in total. The van der Waals surface area contributed by atoms with Crippen molar-refractivity contribution in [1.29, 1.82) is 0 Å². The average molecular weight is 289 g/mol. The van der Waals surface area contributed by atoms with Gasteiger partial charge in [-0.05, 0) is 19.1 Å². The summed E-state index contributed by atoms with van der Waals surface area (Å²) in [5.74, 6) is 0. The van der Waals surface area contributed by atoms with Gasteiger partial charge < -0.3 is 15.0 Å². The highest BCUT2D eigenvalue weighted by Gasteiger charge is 2.16. The SMILES string of the molecule is CC(Nc1ccccc1N1CCOCC1)c1cscn1. The largest absolute Gasteiger partial charge is 0.378 e. The number of anilines is 2. The number of benzene rings is 1. The number of nitrogens with one attached hydrogen (secondary N) is 1. The predicted molar refractivity (Wildman–Crippen MR) is 83.6 cm³/mol. The van der Waals surface area contributed by atoms with Crippen molar-refractivity contribution < 1.29 is 4.74 Å². The minimum Gasteiger partial charge on any atom is -0.378 e. The van der Waals surface area contributed by atoms with Gasteiger partial charge in [0.1, 0.15) is 0 Å². The molecule has 20 heavy (non-hydrogen) atoms. The summed E-state index contributed by atoms with van der Waals surface area (Å²) in [6.07, 6.45) is 0. The topological polar surface area (TPSA) is 37.4 Å². The molecule has 1 N–H and O–H groups in total. The van der Waals surface area contributed by atoms with E-state index >= 15 is 0 Å².